The largest absolute Gasteiger partial charge is 0.302 e. The van der Waals surface area contributed by atoms with Crippen LogP contribution in [-0.4, -0.2) is 33.8 Å². The van der Waals surface area contributed by atoms with E-state index in [1.54, 1.807) is 6.33 Å². The summed E-state index contributed by atoms with van der Waals surface area (Å²) in [6.45, 7) is 5.06. The van der Waals surface area contributed by atoms with Crippen LogP contribution in [-0.2, 0) is 6.54 Å². The molecule has 0 amide bonds. The zero-order valence-electron chi connectivity index (χ0n) is 8.15. The third-order valence-corrected chi connectivity index (χ3v) is 1.59. The van der Waals surface area contributed by atoms with Crippen LogP contribution in [0.1, 0.15) is 25.7 Å². The first-order chi connectivity index (χ1) is 5.61. The maximum Gasteiger partial charge on any atom is 0.141 e. The van der Waals surface area contributed by atoms with Gasteiger partial charge in [0.25, 0.3) is 0 Å². The lowest BCUT2D eigenvalue weighted by atomic mass is 10.4. The molecule has 0 atom stereocenters. The van der Waals surface area contributed by atoms with E-state index >= 15 is 0 Å². The summed E-state index contributed by atoms with van der Waals surface area (Å²) in [7, 11) is 4.05. The van der Waals surface area contributed by atoms with Crippen LogP contribution in [0, 0.1) is 0 Å². The summed E-state index contributed by atoms with van der Waals surface area (Å²) in [5.41, 5.74) is 0. The van der Waals surface area contributed by atoms with E-state index in [9.17, 15) is 0 Å². The molecule has 0 unspecified atom stereocenters. The van der Waals surface area contributed by atoms with Gasteiger partial charge in [0.1, 0.15) is 12.2 Å². The van der Waals surface area contributed by atoms with Gasteiger partial charge in [0.15, 0.2) is 0 Å². The highest BCUT2D eigenvalue weighted by Gasteiger charge is 2.07. The fourth-order valence-electron chi connectivity index (χ4n) is 1.10. The summed E-state index contributed by atoms with van der Waals surface area (Å²) in [4.78, 5) is 6.27. The highest BCUT2D eigenvalue weighted by molar-refractivity contribution is 4.85. The summed E-state index contributed by atoms with van der Waals surface area (Å²) < 4.78 is 1.94. The summed E-state index contributed by atoms with van der Waals surface area (Å²) in [6, 6.07) is 0.391. The van der Waals surface area contributed by atoms with Crippen molar-refractivity contribution >= 4 is 0 Å². The Kier molecular flexibility index (Phi) is 2.81. The first-order valence-corrected chi connectivity index (χ1v) is 4.14. The van der Waals surface area contributed by atoms with Crippen LogP contribution in [0.4, 0.5) is 0 Å². The first-order valence-electron chi connectivity index (χ1n) is 4.14. The lowest BCUT2D eigenvalue weighted by Gasteiger charge is -2.12. The van der Waals surface area contributed by atoms with Crippen molar-refractivity contribution in [2.75, 3.05) is 14.1 Å². The average Bonchev–Trinajstić information content (AvgIpc) is 2.33. The second-order valence-electron chi connectivity index (χ2n) is 3.45. The van der Waals surface area contributed by atoms with Gasteiger partial charge in [-0.15, -0.1) is 0 Å². The molecule has 1 rings (SSSR count). The maximum atomic E-state index is 4.19. The van der Waals surface area contributed by atoms with E-state index in [0.717, 1.165) is 12.4 Å². The maximum absolute atomic E-state index is 4.19. The Morgan fingerprint density at radius 3 is 2.67 bits per heavy atom. The molecule has 1 heterocycles. The molecule has 0 N–H and O–H groups in total. The Balaban J connectivity index is 2.77. The van der Waals surface area contributed by atoms with Crippen LogP contribution < -0.4 is 0 Å². The second kappa shape index (κ2) is 3.67. The minimum absolute atomic E-state index is 0.391. The molecule has 0 aliphatic carbocycles. The van der Waals surface area contributed by atoms with Gasteiger partial charge in [-0.2, -0.15) is 5.10 Å². The van der Waals surface area contributed by atoms with E-state index in [2.05, 4.69) is 28.8 Å². The van der Waals surface area contributed by atoms with Gasteiger partial charge in [-0.1, -0.05) is 0 Å². The minimum atomic E-state index is 0.391. The molecule has 4 nitrogen and oxygen atoms in total. The van der Waals surface area contributed by atoms with Crippen LogP contribution >= 0.6 is 0 Å². The lowest BCUT2D eigenvalue weighted by Crippen LogP contribution is -2.17. The summed E-state index contributed by atoms with van der Waals surface area (Å²) >= 11 is 0. The Hall–Kier alpha value is -0.900. The predicted molar refractivity (Wildman–Crippen MR) is 47.8 cm³/mol. The van der Waals surface area contributed by atoms with Gasteiger partial charge in [0, 0.05) is 6.04 Å². The molecular weight excluding hydrogens is 152 g/mol. The van der Waals surface area contributed by atoms with Crippen molar-refractivity contribution in [1.29, 1.82) is 0 Å². The van der Waals surface area contributed by atoms with Crippen molar-refractivity contribution in [3.8, 4) is 0 Å². The van der Waals surface area contributed by atoms with Crippen molar-refractivity contribution in [2.45, 2.75) is 26.4 Å². The number of nitrogens with zero attached hydrogens (tertiary/aromatic N) is 4. The van der Waals surface area contributed by atoms with Gasteiger partial charge in [0.05, 0.1) is 6.54 Å². The van der Waals surface area contributed by atoms with Crippen LogP contribution in [0.5, 0.6) is 0 Å². The Bertz CT molecular complexity index is 239. The van der Waals surface area contributed by atoms with E-state index < -0.39 is 0 Å². The zero-order valence-corrected chi connectivity index (χ0v) is 8.15. The van der Waals surface area contributed by atoms with Crippen LogP contribution in [0.15, 0.2) is 6.33 Å². The standard InChI is InChI=1S/C8H16N4/c1-7(2)12-8(5-11(3)4)9-6-10-12/h6-7H,5H2,1-4H3. The monoisotopic (exact) mass is 168 g/mol. The van der Waals surface area contributed by atoms with Gasteiger partial charge in [-0.3, -0.25) is 0 Å². The molecule has 0 saturated heterocycles. The Morgan fingerprint density at radius 1 is 1.50 bits per heavy atom. The minimum Gasteiger partial charge on any atom is -0.302 e. The van der Waals surface area contributed by atoms with Crippen molar-refractivity contribution in [1.82, 2.24) is 19.7 Å². The van der Waals surface area contributed by atoms with Crippen LogP contribution in [0.3, 0.4) is 0 Å². The third kappa shape index (κ3) is 2.04. The highest BCUT2D eigenvalue weighted by Crippen LogP contribution is 2.05. The molecule has 12 heavy (non-hydrogen) atoms. The molecule has 0 fully saturated rings. The molecule has 68 valence electrons. The highest BCUT2D eigenvalue weighted by atomic mass is 15.4. The van der Waals surface area contributed by atoms with Gasteiger partial charge in [0.2, 0.25) is 0 Å². The van der Waals surface area contributed by atoms with Gasteiger partial charge in [-0.25, -0.2) is 9.67 Å². The summed E-state index contributed by atoms with van der Waals surface area (Å²) in [5, 5.41) is 4.15. The number of hydrogen-bond acceptors (Lipinski definition) is 3. The van der Waals surface area contributed by atoms with E-state index in [1.165, 1.54) is 0 Å². The quantitative estimate of drug-likeness (QED) is 0.673. The fraction of sp³-hybridized carbons (Fsp3) is 0.750. The fourth-order valence-corrected chi connectivity index (χ4v) is 1.10. The van der Waals surface area contributed by atoms with E-state index in [1.807, 2.05) is 18.8 Å². The summed E-state index contributed by atoms with van der Waals surface area (Å²) in [5.74, 6) is 1.02. The Morgan fingerprint density at radius 2 is 2.17 bits per heavy atom. The zero-order chi connectivity index (χ0) is 9.14. The molecule has 0 aliphatic rings. The van der Waals surface area contributed by atoms with Gasteiger partial charge in [-0.05, 0) is 27.9 Å². The molecule has 0 radical (unpaired) electrons. The van der Waals surface area contributed by atoms with Crippen molar-refractivity contribution < 1.29 is 0 Å². The molecule has 4 heteroatoms. The topological polar surface area (TPSA) is 34.0 Å². The molecular formula is C8H16N4. The molecule has 1 aromatic rings. The summed E-state index contributed by atoms with van der Waals surface area (Å²) in [6.07, 6.45) is 1.61. The number of aromatic nitrogens is 3. The van der Waals surface area contributed by atoms with E-state index in [4.69, 9.17) is 0 Å². The van der Waals surface area contributed by atoms with Crippen molar-refractivity contribution in [2.24, 2.45) is 0 Å². The molecule has 1 aromatic heterocycles. The van der Waals surface area contributed by atoms with E-state index in [-0.39, 0.29) is 0 Å². The van der Waals surface area contributed by atoms with Crippen molar-refractivity contribution in [3.63, 3.8) is 0 Å². The lowest BCUT2D eigenvalue weighted by molar-refractivity contribution is 0.366. The van der Waals surface area contributed by atoms with Crippen LogP contribution in [0.2, 0.25) is 0 Å². The van der Waals surface area contributed by atoms with Crippen molar-refractivity contribution in [3.05, 3.63) is 12.2 Å². The van der Waals surface area contributed by atoms with Crippen LogP contribution in [0.25, 0.3) is 0 Å². The Labute approximate surface area is 73.2 Å². The first kappa shape index (κ1) is 9.19. The average molecular weight is 168 g/mol. The number of hydrogen-bond donors (Lipinski definition) is 0. The smallest absolute Gasteiger partial charge is 0.141 e. The third-order valence-electron chi connectivity index (χ3n) is 1.59. The predicted octanol–water partition coefficient (Wildman–Crippen LogP) is 0.921. The van der Waals surface area contributed by atoms with E-state index in [0.29, 0.717) is 6.04 Å². The molecule has 0 bridgehead atoms. The normalized spacial score (nSPS) is 11.5. The van der Waals surface area contributed by atoms with Gasteiger partial charge < -0.3 is 4.90 Å². The molecule has 0 saturated carbocycles. The second-order valence-corrected chi connectivity index (χ2v) is 3.45. The van der Waals surface area contributed by atoms with Gasteiger partial charge >= 0.3 is 0 Å². The SMILES string of the molecule is CC(C)n1ncnc1CN(C)C. The molecule has 0 spiro atoms. The molecule has 0 aliphatic heterocycles. The molecule has 0 aromatic carbocycles. The number of rotatable bonds is 3.